The monoisotopic (exact) mass is 533 g/mol. The number of nitrogens with one attached hydrogen (secondary N) is 1. The fourth-order valence-electron chi connectivity index (χ4n) is 5.75. The Morgan fingerprint density at radius 2 is 1.76 bits per heavy atom. The number of anilines is 1. The molecule has 1 N–H and O–H groups in total. The highest BCUT2D eigenvalue weighted by Gasteiger charge is 2.28. The smallest absolute Gasteiger partial charge is 0.174 e. The minimum atomic E-state index is -0.170. The molecule has 1 aliphatic rings. The Morgan fingerprint density at radius 3 is 2.49 bits per heavy atom. The molecular formula is C32H33ClFNOS. The van der Waals surface area contributed by atoms with Gasteiger partial charge in [0.15, 0.2) is 5.78 Å². The predicted molar refractivity (Wildman–Crippen MR) is 156 cm³/mol. The summed E-state index contributed by atoms with van der Waals surface area (Å²) in [4.78, 5) is 14.2. The number of hydrogen-bond donors (Lipinski definition) is 1. The van der Waals surface area contributed by atoms with Crippen LogP contribution in [-0.4, -0.2) is 12.8 Å². The molecule has 1 heterocycles. The van der Waals surface area contributed by atoms with Gasteiger partial charge in [-0.15, -0.1) is 11.3 Å². The van der Waals surface area contributed by atoms with Gasteiger partial charge in [-0.25, -0.2) is 4.39 Å². The zero-order chi connectivity index (χ0) is 25.8. The van der Waals surface area contributed by atoms with Gasteiger partial charge in [0, 0.05) is 29.2 Å². The molecule has 2 nitrogen and oxygen atoms in total. The summed E-state index contributed by atoms with van der Waals surface area (Å²) in [6.45, 7) is 0. The molecule has 0 aliphatic heterocycles. The Balaban J connectivity index is 1.35. The first-order valence-corrected chi connectivity index (χ1v) is 14.5. The second kappa shape index (κ2) is 11.8. The van der Waals surface area contributed by atoms with Gasteiger partial charge in [0.2, 0.25) is 0 Å². The van der Waals surface area contributed by atoms with Crippen LogP contribution in [0.5, 0.6) is 0 Å². The van der Waals surface area contributed by atoms with Crippen molar-refractivity contribution in [3.05, 3.63) is 88.0 Å². The zero-order valence-electron chi connectivity index (χ0n) is 21.2. The van der Waals surface area contributed by atoms with E-state index in [-0.39, 0.29) is 17.5 Å². The molecule has 0 bridgehead atoms. The van der Waals surface area contributed by atoms with Crippen LogP contribution in [0.15, 0.2) is 66.7 Å². The summed E-state index contributed by atoms with van der Waals surface area (Å²) in [5, 5.41) is 4.66. The molecule has 37 heavy (non-hydrogen) atoms. The number of aryl methyl sites for hydroxylation is 1. The summed E-state index contributed by atoms with van der Waals surface area (Å²) in [5.41, 5.74) is 3.85. The van der Waals surface area contributed by atoms with Gasteiger partial charge in [-0.2, -0.15) is 0 Å². The highest BCUT2D eigenvalue weighted by Crippen LogP contribution is 2.40. The quantitative estimate of drug-likeness (QED) is 0.217. The largest absolute Gasteiger partial charge is 0.388 e. The lowest BCUT2D eigenvalue weighted by Crippen LogP contribution is -2.22. The number of thiophene rings is 1. The van der Waals surface area contributed by atoms with E-state index >= 15 is 0 Å². The first-order valence-electron chi connectivity index (χ1n) is 13.3. The summed E-state index contributed by atoms with van der Waals surface area (Å²) in [5.74, 6) is 0.690. The van der Waals surface area contributed by atoms with Crippen molar-refractivity contribution in [3.8, 4) is 11.1 Å². The van der Waals surface area contributed by atoms with Crippen LogP contribution in [0.25, 0.3) is 21.2 Å². The van der Waals surface area contributed by atoms with Gasteiger partial charge in [0.25, 0.3) is 0 Å². The Hall–Kier alpha value is -2.69. The number of hydrogen-bond acceptors (Lipinski definition) is 3. The normalized spacial score (nSPS) is 15.1. The second-order valence-electron chi connectivity index (χ2n) is 10.2. The summed E-state index contributed by atoms with van der Waals surface area (Å²) >= 11 is 8.14. The molecule has 1 aromatic heterocycles. The number of ketones is 1. The molecule has 1 fully saturated rings. The number of carbonyl (C=O) groups excluding carboxylic acids is 1. The first-order chi connectivity index (χ1) is 18.0. The van der Waals surface area contributed by atoms with Crippen LogP contribution in [0.2, 0.25) is 5.02 Å². The molecular weight excluding hydrogens is 501 g/mol. The van der Waals surface area contributed by atoms with Crippen molar-refractivity contribution in [2.75, 3.05) is 12.4 Å². The lowest BCUT2D eigenvalue weighted by atomic mass is 9.75. The Kier molecular flexibility index (Phi) is 8.26. The first kappa shape index (κ1) is 25.9. The van der Waals surface area contributed by atoms with Crippen molar-refractivity contribution in [1.82, 2.24) is 0 Å². The van der Waals surface area contributed by atoms with Crippen LogP contribution in [0.3, 0.4) is 0 Å². The lowest BCUT2D eigenvalue weighted by Gasteiger charge is -2.30. The van der Waals surface area contributed by atoms with Crippen molar-refractivity contribution >= 4 is 44.5 Å². The average Bonchev–Trinajstić information content (AvgIpc) is 3.29. The van der Waals surface area contributed by atoms with E-state index in [2.05, 4.69) is 17.4 Å². The second-order valence-corrected chi connectivity index (χ2v) is 11.6. The number of carbonyl (C=O) groups is 1. The van der Waals surface area contributed by atoms with Gasteiger partial charge in [-0.05, 0) is 71.7 Å². The SMILES string of the molecule is CNc1ccc(-c2ccc(F)c(CC[C@H](CC(=O)c3sc4ccccc4c3Cl)C3CCCCC3)c2)cc1. The fourth-order valence-corrected chi connectivity index (χ4v) is 7.24. The van der Waals surface area contributed by atoms with E-state index in [0.29, 0.717) is 28.7 Å². The van der Waals surface area contributed by atoms with Gasteiger partial charge in [0.1, 0.15) is 5.82 Å². The maximum atomic E-state index is 14.9. The summed E-state index contributed by atoms with van der Waals surface area (Å²) in [6.07, 6.45) is 7.90. The van der Waals surface area contributed by atoms with Crippen LogP contribution in [0.1, 0.15) is 60.2 Å². The van der Waals surface area contributed by atoms with Crippen LogP contribution >= 0.6 is 22.9 Å². The van der Waals surface area contributed by atoms with Crippen LogP contribution in [-0.2, 0) is 6.42 Å². The highest BCUT2D eigenvalue weighted by atomic mass is 35.5. The van der Waals surface area contributed by atoms with Gasteiger partial charge < -0.3 is 5.32 Å². The van der Waals surface area contributed by atoms with Gasteiger partial charge >= 0.3 is 0 Å². The molecule has 0 saturated heterocycles. The topological polar surface area (TPSA) is 29.1 Å². The van der Waals surface area contributed by atoms with Crippen molar-refractivity contribution in [3.63, 3.8) is 0 Å². The van der Waals surface area contributed by atoms with Gasteiger partial charge in [-0.3, -0.25) is 4.79 Å². The third-order valence-electron chi connectivity index (χ3n) is 7.89. The molecule has 3 aromatic carbocycles. The maximum absolute atomic E-state index is 14.9. The van der Waals surface area contributed by atoms with Gasteiger partial charge in [-0.1, -0.05) is 80.1 Å². The third-order valence-corrected chi connectivity index (χ3v) is 9.61. The summed E-state index contributed by atoms with van der Waals surface area (Å²) in [7, 11) is 1.90. The molecule has 5 rings (SSSR count). The highest BCUT2D eigenvalue weighted by molar-refractivity contribution is 7.21. The summed E-state index contributed by atoms with van der Waals surface area (Å²) in [6, 6.07) is 21.5. The van der Waals surface area contributed by atoms with Crippen LogP contribution < -0.4 is 5.32 Å². The molecule has 5 heteroatoms. The Morgan fingerprint density at radius 1 is 1.03 bits per heavy atom. The summed E-state index contributed by atoms with van der Waals surface area (Å²) < 4.78 is 16.0. The molecule has 1 saturated carbocycles. The van der Waals surface area contributed by atoms with E-state index in [1.807, 2.05) is 55.6 Å². The average molecular weight is 534 g/mol. The number of halogens is 2. The lowest BCUT2D eigenvalue weighted by molar-refractivity contribution is 0.0930. The van der Waals surface area contributed by atoms with E-state index in [1.54, 1.807) is 6.07 Å². The van der Waals surface area contributed by atoms with Crippen LogP contribution in [0.4, 0.5) is 10.1 Å². The number of rotatable bonds is 9. The molecule has 1 atom stereocenters. The van der Waals surface area contributed by atoms with Crippen molar-refractivity contribution in [1.29, 1.82) is 0 Å². The number of fused-ring (bicyclic) bond motifs is 1. The standard InChI is InChI=1S/C32H33ClFNOS/c1-35-26-16-13-22(14-17-26)23-15-18-28(34)25(19-23)12-11-24(21-7-3-2-4-8-21)20-29(36)32-31(33)27-9-5-6-10-30(27)37-32/h5-6,9-10,13-19,21,24,35H,2-4,7-8,11-12,20H2,1H3/t24-/m1/s1. The minimum absolute atomic E-state index is 0.126. The zero-order valence-corrected chi connectivity index (χ0v) is 22.8. The molecule has 1 aliphatic carbocycles. The molecule has 4 aromatic rings. The number of Topliss-reactive ketones (excluding diaryl/α,β-unsaturated/α-hetero) is 1. The van der Waals surface area contributed by atoms with Crippen molar-refractivity contribution in [2.45, 2.75) is 51.4 Å². The predicted octanol–water partition coefficient (Wildman–Crippen LogP) is 9.80. The van der Waals surface area contributed by atoms with Crippen molar-refractivity contribution < 1.29 is 9.18 Å². The molecule has 0 amide bonds. The van der Waals surface area contributed by atoms with E-state index in [1.165, 1.54) is 30.6 Å². The fraction of sp³-hybridized carbons (Fsp3) is 0.344. The van der Waals surface area contributed by atoms with E-state index in [0.717, 1.165) is 51.7 Å². The maximum Gasteiger partial charge on any atom is 0.174 e. The molecule has 192 valence electrons. The Labute approximate surface area is 227 Å². The van der Waals surface area contributed by atoms with Gasteiger partial charge in [0.05, 0.1) is 9.90 Å². The van der Waals surface area contributed by atoms with Crippen LogP contribution in [0, 0.1) is 17.7 Å². The number of benzene rings is 3. The van der Waals surface area contributed by atoms with E-state index in [4.69, 9.17) is 11.6 Å². The molecule has 0 radical (unpaired) electrons. The van der Waals surface area contributed by atoms with E-state index in [9.17, 15) is 9.18 Å². The van der Waals surface area contributed by atoms with Crippen molar-refractivity contribution in [2.24, 2.45) is 11.8 Å². The Bertz CT molecular complexity index is 1370. The van der Waals surface area contributed by atoms with E-state index < -0.39 is 0 Å². The minimum Gasteiger partial charge on any atom is -0.388 e. The molecule has 0 spiro atoms. The third kappa shape index (κ3) is 5.91. The molecule has 0 unspecified atom stereocenters.